The molecule has 5 heterocycles. The second-order valence-corrected chi connectivity index (χ2v) is 15.6. The van der Waals surface area contributed by atoms with Gasteiger partial charge in [-0.1, -0.05) is 25.3 Å². The van der Waals surface area contributed by atoms with Crippen molar-refractivity contribution in [2.45, 2.75) is 91.4 Å². The summed E-state index contributed by atoms with van der Waals surface area (Å²) in [6.07, 6.45) is 8.07. The van der Waals surface area contributed by atoms with E-state index in [4.69, 9.17) is 9.97 Å². The fourth-order valence-electron chi connectivity index (χ4n) is 9.63. The standard InChI is InChI=1S/C44H48N4O6/c1-7-29-21(3)33-19-36-30(8-2)23(5)42(47-36)41(27-14-25-13-26(15-27)17-28(16-25)44(53)54)43-24(6)32(10-12-40(51)52)38(48-43)20-37-31(9-11-39(49)50)22(4)34(46-37)18-35(29)45-33/h7-8,18-20,25-28,45-46H,1-2,9-17H2,3-6H3,(H,49,50)(H,51,52)(H,53,54)/t25-,26+,27?,28?. The van der Waals surface area contributed by atoms with Crippen LogP contribution in [0.15, 0.2) is 37.4 Å². The van der Waals surface area contributed by atoms with Gasteiger partial charge in [0.15, 0.2) is 0 Å². The van der Waals surface area contributed by atoms with Gasteiger partial charge in [-0.3, -0.25) is 14.4 Å². The normalized spacial score (nSPS) is 21.0. The number of H-pyrrole nitrogens is 2. The molecule has 2 aliphatic carbocycles. The quantitative estimate of drug-likeness (QED) is 0.137. The molecule has 2 fully saturated rings. The van der Waals surface area contributed by atoms with Crippen LogP contribution >= 0.6 is 0 Å². The molecule has 4 atom stereocenters. The van der Waals surface area contributed by atoms with E-state index < -0.39 is 17.9 Å². The summed E-state index contributed by atoms with van der Waals surface area (Å²) in [4.78, 5) is 53.8. The number of aromatic nitrogens is 4. The number of nitrogens with zero attached hydrogens (tertiary/aromatic N) is 2. The van der Waals surface area contributed by atoms with Crippen LogP contribution in [0.25, 0.3) is 50.4 Å². The first kappa shape index (κ1) is 36.8. The molecule has 0 radical (unpaired) electrons. The maximum Gasteiger partial charge on any atom is 0.306 e. The Bertz CT molecular complexity index is 2360. The third-order valence-electron chi connectivity index (χ3n) is 12.3. The number of hydrogen-bond donors (Lipinski definition) is 5. The van der Waals surface area contributed by atoms with E-state index in [-0.39, 0.29) is 42.9 Å². The number of aliphatic carboxylic acids is 3. The first-order valence-electron chi connectivity index (χ1n) is 18.9. The van der Waals surface area contributed by atoms with Crippen molar-refractivity contribution in [1.29, 1.82) is 0 Å². The Kier molecular flexibility index (Phi) is 9.81. The highest BCUT2D eigenvalue weighted by Crippen LogP contribution is 2.52. The summed E-state index contributed by atoms with van der Waals surface area (Å²) in [6.45, 7) is 16.4. The number of hydrogen-bond acceptors (Lipinski definition) is 5. The van der Waals surface area contributed by atoms with Gasteiger partial charge in [0.05, 0.1) is 28.7 Å². The van der Waals surface area contributed by atoms with E-state index in [1.54, 1.807) is 0 Å². The Balaban J connectivity index is 1.61. The first-order chi connectivity index (χ1) is 25.8. The number of carbonyl (C=O) groups is 3. The summed E-state index contributed by atoms with van der Waals surface area (Å²) < 4.78 is 0. The Labute approximate surface area is 314 Å². The lowest BCUT2D eigenvalue weighted by atomic mass is 9.63. The first-order valence-corrected chi connectivity index (χ1v) is 18.9. The van der Waals surface area contributed by atoms with Crippen LogP contribution < -0.4 is 0 Å². The van der Waals surface area contributed by atoms with E-state index in [2.05, 4.69) is 36.1 Å². The van der Waals surface area contributed by atoms with Crippen LogP contribution in [0.1, 0.15) is 122 Å². The molecule has 3 aromatic heterocycles. The fraction of sp³-hybridized carbons (Fsp3) is 0.386. The number of allylic oxidation sites excluding steroid dienone is 5. The summed E-state index contributed by atoms with van der Waals surface area (Å²) in [5.41, 5.74) is 14.7. The van der Waals surface area contributed by atoms with Gasteiger partial charge in [-0.05, 0) is 142 Å². The van der Waals surface area contributed by atoms with Gasteiger partial charge in [-0.2, -0.15) is 0 Å². The average Bonchev–Trinajstić information content (AvgIpc) is 3.79. The molecule has 2 aliphatic heterocycles. The largest absolute Gasteiger partial charge is 0.481 e. The molecule has 3 aromatic rings. The lowest BCUT2D eigenvalue weighted by molar-refractivity contribution is -0.144. The molecular formula is C44H48N4O6. The predicted molar refractivity (Wildman–Crippen MR) is 212 cm³/mol. The van der Waals surface area contributed by atoms with Gasteiger partial charge in [0.1, 0.15) is 0 Å². The number of rotatable bonds is 10. The Morgan fingerprint density at radius 3 is 1.94 bits per heavy atom. The smallest absolute Gasteiger partial charge is 0.306 e. The molecule has 5 N–H and O–H groups in total. The molecule has 10 nitrogen and oxygen atoms in total. The Hall–Kier alpha value is -5.51. The number of carboxylic acid groups (broad SMARTS) is 3. The van der Waals surface area contributed by atoms with E-state index in [0.29, 0.717) is 25.0 Å². The van der Waals surface area contributed by atoms with Gasteiger partial charge in [0, 0.05) is 51.6 Å². The summed E-state index contributed by atoms with van der Waals surface area (Å²) in [7, 11) is 0. The third-order valence-corrected chi connectivity index (χ3v) is 12.3. The number of aryl methyl sites for hydroxylation is 3. The minimum absolute atomic E-state index is 0.0530. The molecule has 2 unspecified atom stereocenters. The summed E-state index contributed by atoms with van der Waals surface area (Å²) in [5.74, 6) is -2.27. The van der Waals surface area contributed by atoms with Crippen molar-refractivity contribution in [3.8, 4) is 0 Å². The molecule has 7 rings (SSSR count). The van der Waals surface area contributed by atoms with E-state index in [1.165, 1.54) is 0 Å². The highest BCUT2D eigenvalue weighted by atomic mass is 16.4. The van der Waals surface area contributed by atoms with Crippen molar-refractivity contribution in [3.05, 3.63) is 88.0 Å². The second-order valence-electron chi connectivity index (χ2n) is 15.6. The summed E-state index contributed by atoms with van der Waals surface area (Å²) in [5, 5.41) is 29.4. The van der Waals surface area contributed by atoms with E-state index in [0.717, 1.165) is 109 Å². The molecule has 10 heteroatoms. The van der Waals surface area contributed by atoms with E-state index in [1.807, 2.05) is 45.1 Å². The lowest BCUT2D eigenvalue weighted by Crippen LogP contribution is -2.34. The highest BCUT2D eigenvalue weighted by molar-refractivity contribution is 6.00. The molecular weight excluding hydrogens is 681 g/mol. The van der Waals surface area contributed by atoms with Crippen LogP contribution in [0.4, 0.5) is 0 Å². The van der Waals surface area contributed by atoms with Crippen LogP contribution in [0.3, 0.4) is 0 Å². The minimum Gasteiger partial charge on any atom is -0.481 e. The SMILES string of the molecule is C=CC1=C(C)c2nc1cc1[nH]c(cc3[nH]c(cc4nc(c2C2C[C@H]5CC(C(=O)O)C[C@@H](C2)C5)C(C)=C4CCC(=O)O)c(CCC(=O)O)c3C)c(C=C)c1C. The van der Waals surface area contributed by atoms with Crippen LogP contribution in [-0.4, -0.2) is 53.2 Å². The topological polar surface area (TPSA) is 169 Å². The van der Waals surface area contributed by atoms with Crippen molar-refractivity contribution in [3.63, 3.8) is 0 Å². The zero-order valence-electron chi connectivity index (χ0n) is 31.4. The molecule has 4 aliphatic rings. The zero-order chi connectivity index (χ0) is 38.6. The minimum atomic E-state index is -0.906. The van der Waals surface area contributed by atoms with Crippen LogP contribution in [0.5, 0.6) is 0 Å². The third kappa shape index (κ3) is 6.63. The molecule has 0 spiro atoms. The summed E-state index contributed by atoms with van der Waals surface area (Å²) >= 11 is 0. The average molecular weight is 729 g/mol. The number of fused-ring (bicyclic) bond motifs is 10. The van der Waals surface area contributed by atoms with Crippen molar-refractivity contribution in [2.24, 2.45) is 17.8 Å². The van der Waals surface area contributed by atoms with Crippen molar-refractivity contribution < 1.29 is 29.7 Å². The van der Waals surface area contributed by atoms with Crippen molar-refractivity contribution >= 4 is 68.3 Å². The molecule has 0 amide bonds. The highest BCUT2D eigenvalue weighted by Gasteiger charge is 2.41. The Morgan fingerprint density at radius 2 is 1.31 bits per heavy atom. The van der Waals surface area contributed by atoms with Gasteiger partial charge < -0.3 is 25.3 Å². The van der Waals surface area contributed by atoms with E-state index in [9.17, 15) is 29.7 Å². The maximum absolute atomic E-state index is 12.1. The number of aromatic amines is 2. The molecule has 280 valence electrons. The maximum atomic E-state index is 12.1. The van der Waals surface area contributed by atoms with Crippen LogP contribution in [0, 0.1) is 31.6 Å². The lowest BCUT2D eigenvalue weighted by Gasteiger charge is -2.42. The van der Waals surface area contributed by atoms with Gasteiger partial charge in [-0.15, -0.1) is 0 Å². The molecule has 2 saturated carbocycles. The van der Waals surface area contributed by atoms with Crippen LogP contribution in [0.2, 0.25) is 0 Å². The number of carboxylic acids is 3. The monoisotopic (exact) mass is 728 g/mol. The molecule has 0 saturated heterocycles. The van der Waals surface area contributed by atoms with Gasteiger partial charge >= 0.3 is 17.9 Å². The molecule has 54 heavy (non-hydrogen) atoms. The molecule has 0 aromatic carbocycles. The Morgan fingerprint density at radius 1 is 0.722 bits per heavy atom. The zero-order valence-corrected chi connectivity index (χ0v) is 31.4. The van der Waals surface area contributed by atoms with Crippen LogP contribution in [-0.2, 0) is 20.8 Å². The van der Waals surface area contributed by atoms with E-state index >= 15 is 0 Å². The fourth-order valence-corrected chi connectivity index (χ4v) is 9.63. The number of nitrogens with one attached hydrogen (secondary N) is 2. The molecule has 10 bridgehead atoms. The van der Waals surface area contributed by atoms with Crippen molar-refractivity contribution in [2.75, 3.05) is 0 Å². The van der Waals surface area contributed by atoms with Crippen molar-refractivity contribution in [1.82, 2.24) is 19.9 Å². The second kappa shape index (κ2) is 14.4. The summed E-state index contributed by atoms with van der Waals surface area (Å²) in [6, 6.07) is 6.03. The predicted octanol–water partition coefficient (Wildman–Crippen LogP) is 9.50. The van der Waals surface area contributed by atoms with Gasteiger partial charge in [-0.25, -0.2) is 9.97 Å². The van der Waals surface area contributed by atoms with Gasteiger partial charge in [0.25, 0.3) is 0 Å². The van der Waals surface area contributed by atoms with Gasteiger partial charge in [0.2, 0.25) is 0 Å².